The average molecular weight is 418 g/mol. The molecule has 1 heterocycles. The zero-order valence-electron chi connectivity index (χ0n) is 12.4. The number of nitrogens with zero attached hydrogens (tertiary/aromatic N) is 2. The van der Waals surface area contributed by atoms with E-state index in [1.165, 1.54) is 0 Å². The highest BCUT2D eigenvalue weighted by Crippen LogP contribution is 2.21. The molecule has 1 aromatic heterocycles. The molecular formula is C15H19IN2O2S. The van der Waals surface area contributed by atoms with Crippen molar-refractivity contribution >= 4 is 32.4 Å². The summed E-state index contributed by atoms with van der Waals surface area (Å²) in [5.41, 5.74) is 1.00. The van der Waals surface area contributed by atoms with Gasteiger partial charge in [-0.2, -0.15) is 0 Å². The summed E-state index contributed by atoms with van der Waals surface area (Å²) >= 11 is 2.25. The number of rotatable bonds is 4. The van der Waals surface area contributed by atoms with E-state index in [2.05, 4.69) is 27.6 Å². The Morgan fingerprint density at radius 1 is 1.29 bits per heavy atom. The molecule has 0 atom stereocenters. The second-order valence-corrected chi connectivity index (χ2v) is 9.99. The summed E-state index contributed by atoms with van der Waals surface area (Å²) in [6, 6.07) is 8.01. The maximum atomic E-state index is 12.2. The summed E-state index contributed by atoms with van der Waals surface area (Å²) in [5.74, 6) is 0.918. The van der Waals surface area contributed by atoms with Gasteiger partial charge < -0.3 is 4.57 Å². The number of hydrogen-bond acceptors (Lipinski definition) is 3. The lowest BCUT2D eigenvalue weighted by Crippen LogP contribution is -2.32. The number of benzene rings is 1. The minimum absolute atomic E-state index is 0.115. The van der Waals surface area contributed by atoms with Gasteiger partial charge in [0.2, 0.25) is 0 Å². The highest BCUT2D eigenvalue weighted by atomic mass is 127. The third-order valence-electron chi connectivity index (χ3n) is 3.33. The molecule has 0 aliphatic carbocycles. The summed E-state index contributed by atoms with van der Waals surface area (Å²) in [6.07, 6.45) is 3.53. The normalized spacial score (nSPS) is 12.6. The predicted octanol–water partition coefficient (Wildman–Crippen LogP) is 3.37. The summed E-state index contributed by atoms with van der Waals surface area (Å²) in [4.78, 5) is 4.36. The van der Waals surface area contributed by atoms with Crippen LogP contribution in [0.5, 0.6) is 0 Å². The van der Waals surface area contributed by atoms with Gasteiger partial charge in [-0.3, -0.25) is 0 Å². The molecular weight excluding hydrogens is 399 g/mol. The van der Waals surface area contributed by atoms with Crippen LogP contribution in [0.2, 0.25) is 0 Å². The number of sulfone groups is 1. The lowest BCUT2D eigenvalue weighted by molar-refractivity contribution is 0.554. The lowest BCUT2D eigenvalue weighted by atomic mass is 10.2. The van der Waals surface area contributed by atoms with Crippen molar-refractivity contribution < 1.29 is 8.42 Å². The van der Waals surface area contributed by atoms with Crippen molar-refractivity contribution in [3.8, 4) is 11.4 Å². The van der Waals surface area contributed by atoms with Gasteiger partial charge in [0.25, 0.3) is 0 Å². The van der Waals surface area contributed by atoms with Crippen molar-refractivity contribution in [1.82, 2.24) is 9.55 Å². The van der Waals surface area contributed by atoms with E-state index in [0.29, 0.717) is 6.54 Å². The molecule has 2 aromatic rings. The van der Waals surface area contributed by atoms with Crippen molar-refractivity contribution in [2.24, 2.45) is 0 Å². The first kappa shape index (κ1) is 16.5. The maximum absolute atomic E-state index is 12.2. The number of hydrogen-bond donors (Lipinski definition) is 0. The van der Waals surface area contributed by atoms with E-state index in [9.17, 15) is 8.42 Å². The number of aryl methyl sites for hydroxylation is 1. The monoisotopic (exact) mass is 418 g/mol. The van der Waals surface area contributed by atoms with Crippen LogP contribution in [0.25, 0.3) is 11.4 Å². The first-order valence-electron chi connectivity index (χ1n) is 6.70. The van der Waals surface area contributed by atoms with E-state index >= 15 is 0 Å². The van der Waals surface area contributed by atoms with Crippen LogP contribution in [0.15, 0.2) is 36.7 Å². The van der Waals surface area contributed by atoms with Crippen molar-refractivity contribution in [3.05, 3.63) is 40.2 Å². The van der Waals surface area contributed by atoms with Gasteiger partial charge in [0.15, 0.2) is 9.84 Å². The summed E-state index contributed by atoms with van der Waals surface area (Å²) < 4.78 is 26.7. The first-order chi connectivity index (χ1) is 9.71. The summed E-state index contributed by atoms with van der Waals surface area (Å²) in [6.45, 7) is 5.62. The minimum Gasteiger partial charge on any atom is -0.330 e. The van der Waals surface area contributed by atoms with Gasteiger partial charge in [-0.25, -0.2) is 13.4 Å². The number of halogens is 1. The molecule has 0 saturated carbocycles. The Balaban J connectivity index is 2.23. The van der Waals surface area contributed by atoms with Gasteiger partial charge in [-0.05, 0) is 55.5 Å². The van der Waals surface area contributed by atoms with Crippen molar-refractivity contribution in [2.75, 3.05) is 5.75 Å². The van der Waals surface area contributed by atoms with Crippen LogP contribution in [-0.4, -0.2) is 28.5 Å². The lowest BCUT2D eigenvalue weighted by Gasteiger charge is -2.19. The van der Waals surface area contributed by atoms with E-state index in [0.717, 1.165) is 15.0 Å². The maximum Gasteiger partial charge on any atom is 0.156 e. The summed E-state index contributed by atoms with van der Waals surface area (Å²) in [5, 5.41) is 0. The Hall–Kier alpha value is -0.890. The molecule has 114 valence electrons. The predicted molar refractivity (Wildman–Crippen MR) is 93.9 cm³/mol. The molecule has 0 aliphatic heterocycles. The van der Waals surface area contributed by atoms with Crippen LogP contribution >= 0.6 is 22.6 Å². The molecule has 0 radical (unpaired) electrons. The van der Waals surface area contributed by atoms with Gasteiger partial charge in [-0.15, -0.1) is 0 Å². The first-order valence-corrected chi connectivity index (χ1v) is 9.43. The van der Waals surface area contributed by atoms with Gasteiger partial charge in [0.05, 0.1) is 10.5 Å². The van der Waals surface area contributed by atoms with Gasteiger partial charge in [0, 0.05) is 28.1 Å². The molecule has 2 rings (SSSR count). The molecule has 21 heavy (non-hydrogen) atoms. The molecule has 0 aliphatic rings. The van der Waals surface area contributed by atoms with E-state index < -0.39 is 14.6 Å². The Morgan fingerprint density at radius 2 is 2.00 bits per heavy atom. The second kappa shape index (κ2) is 6.08. The SMILES string of the molecule is CC(C)(C)S(=O)(=O)CCn1ccnc1-c1cccc(I)c1. The largest absolute Gasteiger partial charge is 0.330 e. The Labute approximate surface area is 139 Å². The molecule has 0 saturated heterocycles. The average Bonchev–Trinajstić information content (AvgIpc) is 2.83. The molecule has 4 nitrogen and oxygen atoms in total. The smallest absolute Gasteiger partial charge is 0.156 e. The van der Waals surface area contributed by atoms with Gasteiger partial charge >= 0.3 is 0 Å². The zero-order valence-corrected chi connectivity index (χ0v) is 15.3. The molecule has 0 unspecified atom stereocenters. The molecule has 0 amide bonds. The molecule has 0 N–H and O–H groups in total. The fraction of sp³-hybridized carbons (Fsp3) is 0.400. The summed E-state index contributed by atoms with van der Waals surface area (Å²) in [7, 11) is -3.13. The van der Waals surface area contributed by atoms with Crippen LogP contribution in [0, 0.1) is 3.57 Å². The van der Waals surface area contributed by atoms with E-state index in [-0.39, 0.29) is 5.75 Å². The quantitative estimate of drug-likeness (QED) is 0.716. The van der Waals surface area contributed by atoms with E-state index in [1.54, 1.807) is 27.0 Å². The Bertz CT molecular complexity index is 730. The zero-order chi connectivity index (χ0) is 15.7. The fourth-order valence-electron chi connectivity index (χ4n) is 1.90. The molecule has 0 bridgehead atoms. The van der Waals surface area contributed by atoms with E-state index in [4.69, 9.17) is 0 Å². The Kier molecular flexibility index (Phi) is 4.77. The van der Waals surface area contributed by atoms with Crippen LogP contribution in [-0.2, 0) is 16.4 Å². The molecule has 0 fully saturated rings. The van der Waals surface area contributed by atoms with E-state index in [1.807, 2.05) is 35.0 Å². The van der Waals surface area contributed by atoms with Crippen LogP contribution in [0.4, 0.5) is 0 Å². The van der Waals surface area contributed by atoms with Crippen LogP contribution in [0.1, 0.15) is 20.8 Å². The third kappa shape index (κ3) is 3.85. The van der Waals surface area contributed by atoms with Crippen molar-refractivity contribution in [1.29, 1.82) is 0 Å². The van der Waals surface area contributed by atoms with Crippen LogP contribution in [0.3, 0.4) is 0 Å². The topological polar surface area (TPSA) is 52.0 Å². The minimum atomic E-state index is -3.13. The molecule has 1 aromatic carbocycles. The van der Waals surface area contributed by atoms with Gasteiger partial charge in [-0.1, -0.05) is 12.1 Å². The highest BCUT2D eigenvalue weighted by molar-refractivity contribution is 14.1. The second-order valence-electron chi connectivity index (χ2n) is 5.89. The van der Waals surface area contributed by atoms with Crippen LogP contribution < -0.4 is 0 Å². The van der Waals surface area contributed by atoms with Crippen molar-refractivity contribution in [2.45, 2.75) is 32.1 Å². The number of imidazole rings is 1. The third-order valence-corrected chi connectivity index (χ3v) is 6.59. The van der Waals surface area contributed by atoms with Gasteiger partial charge in [0.1, 0.15) is 5.82 Å². The number of aromatic nitrogens is 2. The van der Waals surface area contributed by atoms with Crippen molar-refractivity contribution in [3.63, 3.8) is 0 Å². The standard InChI is InChI=1S/C15H19IN2O2S/c1-15(2,3)21(19,20)10-9-18-8-7-17-14(18)12-5-4-6-13(16)11-12/h4-8,11H,9-10H2,1-3H3. The molecule has 6 heteroatoms. The fourth-order valence-corrected chi connectivity index (χ4v) is 3.49. The highest BCUT2D eigenvalue weighted by Gasteiger charge is 2.28. The Morgan fingerprint density at radius 3 is 2.62 bits per heavy atom. The molecule has 0 spiro atoms.